The minimum atomic E-state index is -1.12. The first-order valence-corrected chi connectivity index (χ1v) is 5.99. The topological polar surface area (TPSA) is 113 Å². The van der Waals surface area contributed by atoms with E-state index in [4.69, 9.17) is 10.8 Å². The van der Waals surface area contributed by atoms with E-state index in [2.05, 4.69) is 5.32 Å². The van der Waals surface area contributed by atoms with Crippen LogP contribution in [-0.2, 0) is 9.59 Å². The molecule has 0 spiro atoms. The van der Waals surface area contributed by atoms with Gasteiger partial charge in [-0.3, -0.25) is 9.59 Å². The molecule has 6 nitrogen and oxygen atoms in total. The number of nitrogens with two attached hydrogens (primary N) is 1. The summed E-state index contributed by atoms with van der Waals surface area (Å²) in [5.41, 5.74) is 5.37. The van der Waals surface area contributed by atoms with Gasteiger partial charge in [0.25, 0.3) is 0 Å². The summed E-state index contributed by atoms with van der Waals surface area (Å²) in [6, 6.07) is -1.55. The third-order valence-corrected chi connectivity index (χ3v) is 2.50. The SMILES string of the molecule is CC(NC(=O)[C@@H](N)CC(=O)O)C(O)CC(C)(C)C. The highest BCUT2D eigenvalue weighted by molar-refractivity contribution is 5.86. The van der Waals surface area contributed by atoms with Crippen LogP contribution < -0.4 is 11.1 Å². The molecule has 0 aromatic rings. The van der Waals surface area contributed by atoms with Crippen molar-refractivity contribution in [3.05, 3.63) is 0 Å². The van der Waals surface area contributed by atoms with Gasteiger partial charge in [-0.2, -0.15) is 0 Å². The van der Waals surface area contributed by atoms with Gasteiger partial charge >= 0.3 is 5.97 Å². The van der Waals surface area contributed by atoms with Crippen LogP contribution in [0.2, 0.25) is 0 Å². The number of amides is 1. The lowest BCUT2D eigenvalue weighted by atomic mass is 9.87. The van der Waals surface area contributed by atoms with E-state index in [0.717, 1.165) is 0 Å². The van der Waals surface area contributed by atoms with Crippen LogP contribution in [0, 0.1) is 5.41 Å². The largest absolute Gasteiger partial charge is 0.481 e. The molecule has 3 atom stereocenters. The molecule has 0 aliphatic rings. The lowest BCUT2D eigenvalue weighted by Gasteiger charge is -2.27. The Morgan fingerprint density at radius 3 is 2.22 bits per heavy atom. The summed E-state index contributed by atoms with van der Waals surface area (Å²) < 4.78 is 0. The Morgan fingerprint density at radius 2 is 1.83 bits per heavy atom. The Bertz CT molecular complexity index is 299. The van der Waals surface area contributed by atoms with Crippen molar-refractivity contribution in [3.8, 4) is 0 Å². The molecule has 0 fully saturated rings. The maximum absolute atomic E-state index is 11.5. The van der Waals surface area contributed by atoms with E-state index in [1.807, 2.05) is 20.8 Å². The number of carboxylic acid groups (broad SMARTS) is 1. The van der Waals surface area contributed by atoms with Crippen LogP contribution in [0.4, 0.5) is 0 Å². The van der Waals surface area contributed by atoms with E-state index in [0.29, 0.717) is 6.42 Å². The maximum atomic E-state index is 11.5. The second-order valence-electron chi connectivity index (χ2n) is 5.83. The summed E-state index contributed by atoms with van der Waals surface area (Å²) in [5.74, 6) is -1.68. The van der Waals surface area contributed by atoms with Crippen LogP contribution in [0.25, 0.3) is 0 Å². The monoisotopic (exact) mass is 260 g/mol. The zero-order valence-electron chi connectivity index (χ0n) is 11.4. The highest BCUT2D eigenvalue weighted by Gasteiger charge is 2.25. The molecule has 0 radical (unpaired) electrons. The van der Waals surface area contributed by atoms with E-state index < -0.39 is 36.5 Å². The van der Waals surface area contributed by atoms with Crippen molar-refractivity contribution in [3.63, 3.8) is 0 Å². The molecule has 18 heavy (non-hydrogen) atoms. The molecule has 0 aromatic carbocycles. The average Bonchev–Trinajstić information content (AvgIpc) is 2.13. The molecule has 6 heteroatoms. The lowest BCUT2D eigenvalue weighted by molar-refractivity contribution is -0.139. The second kappa shape index (κ2) is 6.70. The van der Waals surface area contributed by atoms with Gasteiger partial charge in [0.2, 0.25) is 5.91 Å². The molecule has 0 saturated heterocycles. The number of carbonyl (C=O) groups excluding carboxylic acids is 1. The van der Waals surface area contributed by atoms with Crippen LogP contribution in [-0.4, -0.2) is 40.3 Å². The second-order valence-corrected chi connectivity index (χ2v) is 5.83. The fraction of sp³-hybridized carbons (Fsp3) is 0.833. The van der Waals surface area contributed by atoms with Gasteiger partial charge in [-0.15, -0.1) is 0 Å². The molecule has 0 aromatic heterocycles. The third-order valence-electron chi connectivity index (χ3n) is 2.50. The van der Waals surface area contributed by atoms with Crippen molar-refractivity contribution >= 4 is 11.9 Å². The first-order valence-electron chi connectivity index (χ1n) is 5.99. The average molecular weight is 260 g/mol. The van der Waals surface area contributed by atoms with Crippen molar-refractivity contribution in [2.24, 2.45) is 11.1 Å². The number of hydrogen-bond donors (Lipinski definition) is 4. The van der Waals surface area contributed by atoms with E-state index in [1.165, 1.54) is 0 Å². The normalized spacial score (nSPS) is 16.8. The van der Waals surface area contributed by atoms with Gasteiger partial charge in [0.1, 0.15) is 0 Å². The van der Waals surface area contributed by atoms with Gasteiger partial charge in [-0.1, -0.05) is 20.8 Å². The van der Waals surface area contributed by atoms with E-state index >= 15 is 0 Å². The molecule has 0 aliphatic heterocycles. The first-order chi connectivity index (χ1) is 8.03. The summed E-state index contributed by atoms with van der Waals surface area (Å²) in [7, 11) is 0. The zero-order chi connectivity index (χ0) is 14.5. The number of nitrogens with one attached hydrogen (secondary N) is 1. The van der Waals surface area contributed by atoms with Crippen LogP contribution >= 0.6 is 0 Å². The summed E-state index contributed by atoms with van der Waals surface area (Å²) >= 11 is 0. The maximum Gasteiger partial charge on any atom is 0.305 e. The van der Waals surface area contributed by atoms with Crippen LogP contribution in [0.3, 0.4) is 0 Å². The van der Waals surface area contributed by atoms with Gasteiger partial charge in [0.15, 0.2) is 0 Å². The van der Waals surface area contributed by atoms with Gasteiger partial charge in [0, 0.05) is 0 Å². The molecule has 2 unspecified atom stereocenters. The Balaban J connectivity index is 4.26. The zero-order valence-corrected chi connectivity index (χ0v) is 11.4. The van der Waals surface area contributed by atoms with E-state index in [1.54, 1.807) is 6.92 Å². The summed E-state index contributed by atoms with van der Waals surface area (Å²) in [6.07, 6.45) is -0.581. The van der Waals surface area contributed by atoms with Crippen molar-refractivity contribution < 1.29 is 19.8 Å². The first kappa shape index (κ1) is 16.9. The lowest BCUT2D eigenvalue weighted by Crippen LogP contribution is -2.49. The Morgan fingerprint density at radius 1 is 1.33 bits per heavy atom. The number of aliphatic hydroxyl groups is 1. The highest BCUT2D eigenvalue weighted by atomic mass is 16.4. The molecule has 1 amide bonds. The van der Waals surface area contributed by atoms with Crippen molar-refractivity contribution in [1.82, 2.24) is 5.32 Å². The summed E-state index contributed by atoms with van der Waals surface area (Å²) in [4.78, 5) is 22.0. The molecule has 0 heterocycles. The van der Waals surface area contributed by atoms with Gasteiger partial charge in [-0.05, 0) is 18.8 Å². The minimum Gasteiger partial charge on any atom is -0.481 e. The number of aliphatic hydroxyl groups excluding tert-OH is 1. The fourth-order valence-electron chi connectivity index (χ4n) is 1.51. The smallest absolute Gasteiger partial charge is 0.305 e. The molecular weight excluding hydrogens is 236 g/mol. The van der Waals surface area contributed by atoms with Crippen LogP contribution in [0.1, 0.15) is 40.5 Å². The predicted molar refractivity (Wildman–Crippen MR) is 67.9 cm³/mol. The molecule has 5 N–H and O–H groups in total. The quantitative estimate of drug-likeness (QED) is 0.540. The molecule has 0 bridgehead atoms. The van der Waals surface area contributed by atoms with E-state index in [-0.39, 0.29) is 5.41 Å². The summed E-state index contributed by atoms with van der Waals surface area (Å²) in [6.45, 7) is 7.63. The van der Waals surface area contributed by atoms with E-state index in [9.17, 15) is 14.7 Å². The molecule has 0 rings (SSSR count). The number of hydrogen-bond acceptors (Lipinski definition) is 4. The summed E-state index contributed by atoms with van der Waals surface area (Å²) in [5, 5.41) is 20.9. The standard InChI is InChI=1S/C12H24N2O4/c1-7(9(15)6-12(2,3)4)14-11(18)8(13)5-10(16)17/h7-9,15H,5-6,13H2,1-4H3,(H,14,18)(H,16,17)/t7?,8-,9?/m0/s1. The van der Waals surface area contributed by atoms with Gasteiger partial charge in [0.05, 0.1) is 24.6 Å². The fourth-order valence-corrected chi connectivity index (χ4v) is 1.51. The highest BCUT2D eigenvalue weighted by Crippen LogP contribution is 2.22. The third kappa shape index (κ3) is 7.24. The van der Waals surface area contributed by atoms with Crippen molar-refractivity contribution in [2.45, 2.75) is 58.7 Å². The van der Waals surface area contributed by atoms with Crippen LogP contribution in [0.5, 0.6) is 0 Å². The molecule has 0 saturated carbocycles. The van der Waals surface area contributed by atoms with Crippen molar-refractivity contribution in [2.75, 3.05) is 0 Å². The number of carboxylic acids is 1. The van der Waals surface area contributed by atoms with Gasteiger partial charge < -0.3 is 21.3 Å². The molecule has 106 valence electrons. The molecule has 0 aliphatic carbocycles. The minimum absolute atomic E-state index is 0.0540. The number of rotatable bonds is 6. The molecular formula is C12H24N2O4. The Labute approximate surface area is 108 Å². The van der Waals surface area contributed by atoms with Crippen LogP contribution in [0.15, 0.2) is 0 Å². The number of carbonyl (C=O) groups is 2. The Kier molecular flexibility index (Phi) is 6.28. The van der Waals surface area contributed by atoms with Gasteiger partial charge in [-0.25, -0.2) is 0 Å². The Hall–Kier alpha value is -1.14. The number of aliphatic carboxylic acids is 1. The van der Waals surface area contributed by atoms with Crippen molar-refractivity contribution in [1.29, 1.82) is 0 Å². The predicted octanol–water partition coefficient (Wildman–Crippen LogP) is 0.0902.